The van der Waals surface area contributed by atoms with Crippen LogP contribution in [0, 0.1) is 0 Å². The van der Waals surface area contributed by atoms with E-state index < -0.39 is 0 Å². The average Bonchev–Trinajstić information content (AvgIpc) is 3.60. The molecule has 174 valence electrons. The number of piperazine rings is 1. The molecule has 0 unspecified atom stereocenters. The molecule has 0 spiro atoms. The highest BCUT2D eigenvalue weighted by atomic mass is 32.2. The second-order valence-corrected chi connectivity index (χ2v) is 10.0. The maximum absolute atomic E-state index is 12.5. The maximum atomic E-state index is 12.5. The predicted octanol–water partition coefficient (Wildman–Crippen LogP) is 3.21. The molecule has 3 aromatic rings. The second-order valence-electron chi connectivity index (χ2n) is 9.01. The van der Waals surface area contributed by atoms with Gasteiger partial charge in [0.2, 0.25) is 0 Å². The number of amides is 1. The molecule has 0 bridgehead atoms. The number of hydrogen-bond donors (Lipinski definition) is 0. The Hall–Kier alpha value is -3.17. The third kappa shape index (κ3) is 4.10. The van der Waals surface area contributed by atoms with Crippen molar-refractivity contribution in [2.24, 2.45) is 4.99 Å². The van der Waals surface area contributed by atoms with E-state index in [4.69, 9.17) is 5.10 Å². The summed E-state index contributed by atoms with van der Waals surface area (Å²) in [4.78, 5) is 28.9. The molecular formula is C25H27N7OS. The normalized spacial score (nSPS) is 20.7. The lowest BCUT2D eigenvalue weighted by molar-refractivity contribution is -0.113. The van der Waals surface area contributed by atoms with E-state index in [1.807, 2.05) is 28.9 Å². The van der Waals surface area contributed by atoms with Crippen LogP contribution in [0.15, 0.2) is 52.5 Å². The quantitative estimate of drug-likeness (QED) is 0.541. The molecule has 2 aromatic heterocycles. The zero-order valence-electron chi connectivity index (χ0n) is 19.2. The first-order valence-electron chi connectivity index (χ1n) is 11.8. The highest BCUT2D eigenvalue weighted by Gasteiger charge is 2.27. The van der Waals surface area contributed by atoms with Gasteiger partial charge in [0.15, 0.2) is 10.8 Å². The molecule has 0 atom stereocenters. The van der Waals surface area contributed by atoms with E-state index in [0.29, 0.717) is 4.91 Å². The van der Waals surface area contributed by atoms with Gasteiger partial charge in [-0.25, -0.2) is 9.50 Å². The van der Waals surface area contributed by atoms with Gasteiger partial charge in [0.25, 0.3) is 5.91 Å². The Morgan fingerprint density at radius 1 is 0.912 bits per heavy atom. The van der Waals surface area contributed by atoms with E-state index in [9.17, 15) is 4.79 Å². The van der Waals surface area contributed by atoms with Gasteiger partial charge in [-0.05, 0) is 62.0 Å². The standard InChI is InChI=1S/C25H27N7OS/c1-29-12-14-30(15-13-29)20-7-4-18(5-8-20)21-17-26-23-9-6-19(28-32(21)23)16-22-24(33)27-25(34-22)31-10-2-3-11-31/h4-9,16-17H,2-3,10-15H2,1H3. The molecule has 0 saturated carbocycles. The highest BCUT2D eigenvalue weighted by molar-refractivity contribution is 8.18. The number of aromatic nitrogens is 3. The fourth-order valence-electron chi connectivity index (χ4n) is 4.64. The molecule has 2 fully saturated rings. The number of benzene rings is 1. The molecule has 6 rings (SSSR count). The number of carbonyl (C=O) groups excluding carboxylic acids is 1. The van der Waals surface area contributed by atoms with Crippen molar-refractivity contribution in [1.82, 2.24) is 24.4 Å². The third-order valence-electron chi connectivity index (χ3n) is 6.68. The molecule has 34 heavy (non-hydrogen) atoms. The van der Waals surface area contributed by atoms with Gasteiger partial charge in [0.1, 0.15) is 0 Å². The molecule has 5 heterocycles. The fraction of sp³-hybridized carbons (Fsp3) is 0.360. The average molecular weight is 474 g/mol. The Morgan fingerprint density at radius 3 is 2.44 bits per heavy atom. The van der Waals surface area contributed by atoms with Crippen LogP contribution in [0.4, 0.5) is 5.69 Å². The van der Waals surface area contributed by atoms with Gasteiger partial charge in [-0.3, -0.25) is 4.79 Å². The maximum Gasteiger partial charge on any atom is 0.286 e. The first-order valence-corrected chi connectivity index (χ1v) is 12.6. The third-order valence-corrected chi connectivity index (χ3v) is 7.72. The monoisotopic (exact) mass is 473 g/mol. The van der Waals surface area contributed by atoms with Gasteiger partial charge in [0, 0.05) is 50.5 Å². The number of thioether (sulfide) groups is 1. The Labute approximate surface area is 203 Å². The predicted molar refractivity (Wildman–Crippen MR) is 137 cm³/mol. The summed E-state index contributed by atoms with van der Waals surface area (Å²) in [6.45, 7) is 6.21. The van der Waals surface area contributed by atoms with Gasteiger partial charge >= 0.3 is 0 Å². The van der Waals surface area contributed by atoms with Crippen LogP contribution < -0.4 is 4.90 Å². The molecule has 0 aliphatic carbocycles. The number of aliphatic imine (C=N–C) groups is 1. The Balaban J connectivity index is 1.24. The molecular weight excluding hydrogens is 446 g/mol. The summed E-state index contributed by atoms with van der Waals surface area (Å²) >= 11 is 1.45. The van der Waals surface area contributed by atoms with E-state index in [2.05, 4.69) is 56.0 Å². The zero-order chi connectivity index (χ0) is 23.1. The summed E-state index contributed by atoms with van der Waals surface area (Å²) in [6.07, 6.45) is 6.00. The van der Waals surface area contributed by atoms with E-state index >= 15 is 0 Å². The summed E-state index contributed by atoms with van der Waals surface area (Å²) in [5.74, 6) is -0.181. The minimum absolute atomic E-state index is 0.181. The van der Waals surface area contributed by atoms with Crippen molar-refractivity contribution in [1.29, 1.82) is 0 Å². The number of likely N-dealkylation sites (N-methyl/N-ethyl adjacent to an activating group) is 1. The van der Waals surface area contributed by atoms with Crippen LogP contribution in [0.3, 0.4) is 0 Å². The van der Waals surface area contributed by atoms with E-state index in [1.54, 1.807) is 0 Å². The smallest absolute Gasteiger partial charge is 0.286 e. The number of likely N-dealkylation sites (tertiary alicyclic amines) is 1. The number of carbonyl (C=O) groups is 1. The number of anilines is 1. The van der Waals surface area contributed by atoms with E-state index in [1.165, 1.54) is 17.4 Å². The Morgan fingerprint density at radius 2 is 1.68 bits per heavy atom. The summed E-state index contributed by atoms with van der Waals surface area (Å²) in [6, 6.07) is 12.5. The number of nitrogens with zero attached hydrogens (tertiary/aromatic N) is 7. The van der Waals surface area contributed by atoms with Crippen molar-refractivity contribution in [2.45, 2.75) is 12.8 Å². The number of rotatable bonds is 3. The highest BCUT2D eigenvalue weighted by Crippen LogP contribution is 2.31. The molecule has 1 amide bonds. The number of imidazole rings is 1. The number of amidine groups is 1. The summed E-state index contributed by atoms with van der Waals surface area (Å²) in [5, 5.41) is 5.60. The number of hydrogen-bond acceptors (Lipinski definition) is 7. The second kappa shape index (κ2) is 8.88. The SMILES string of the molecule is CN1CCN(c2ccc(-c3cnc4ccc(C=C5SC(N6CCCC6)=NC5=O)nn34)cc2)CC1. The Bertz CT molecular complexity index is 1280. The largest absolute Gasteiger partial charge is 0.369 e. The lowest BCUT2D eigenvalue weighted by Crippen LogP contribution is -2.44. The van der Waals surface area contributed by atoms with Crippen molar-refractivity contribution in [3.63, 3.8) is 0 Å². The molecule has 9 heteroatoms. The van der Waals surface area contributed by atoms with Crippen LogP contribution in [0.2, 0.25) is 0 Å². The van der Waals surface area contributed by atoms with Gasteiger partial charge in [-0.1, -0.05) is 12.1 Å². The lowest BCUT2D eigenvalue weighted by atomic mass is 10.1. The van der Waals surface area contributed by atoms with Crippen molar-refractivity contribution >= 4 is 40.2 Å². The minimum Gasteiger partial charge on any atom is -0.369 e. The first kappa shape index (κ1) is 21.4. The van der Waals surface area contributed by atoms with Crippen molar-refractivity contribution in [3.05, 3.63) is 53.2 Å². The van der Waals surface area contributed by atoms with Crippen LogP contribution in [0.5, 0.6) is 0 Å². The molecule has 0 radical (unpaired) electrons. The molecule has 1 aromatic carbocycles. The van der Waals surface area contributed by atoms with Crippen molar-refractivity contribution in [3.8, 4) is 11.3 Å². The summed E-state index contributed by atoms with van der Waals surface area (Å²) < 4.78 is 1.85. The zero-order valence-corrected chi connectivity index (χ0v) is 20.0. The van der Waals surface area contributed by atoms with E-state index in [0.717, 1.165) is 79.9 Å². The van der Waals surface area contributed by atoms with E-state index in [-0.39, 0.29) is 5.91 Å². The van der Waals surface area contributed by atoms with Crippen LogP contribution in [-0.4, -0.2) is 81.8 Å². The van der Waals surface area contributed by atoms with Crippen LogP contribution in [-0.2, 0) is 4.79 Å². The van der Waals surface area contributed by atoms with Crippen LogP contribution in [0.25, 0.3) is 23.0 Å². The first-order chi connectivity index (χ1) is 16.6. The Kier molecular flexibility index (Phi) is 5.58. The van der Waals surface area contributed by atoms with Crippen molar-refractivity contribution < 1.29 is 4.79 Å². The molecule has 2 saturated heterocycles. The lowest BCUT2D eigenvalue weighted by Gasteiger charge is -2.34. The van der Waals surface area contributed by atoms with Gasteiger partial charge in [0.05, 0.1) is 22.5 Å². The summed E-state index contributed by atoms with van der Waals surface area (Å²) in [5.41, 5.74) is 4.73. The van der Waals surface area contributed by atoms with Gasteiger partial charge in [-0.2, -0.15) is 10.1 Å². The van der Waals surface area contributed by atoms with Crippen LogP contribution >= 0.6 is 11.8 Å². The minimum atomic E-state index is -0.181. The topological polar surface area (TPSA) is 69.3 Å². The van der Waals surface area contributed by atoms with Crippen LogP contribution in [0.1, 0.15) is 18.5 Å². The molecule has 8 nitrogen and oxygen atoms in total. The van der Waals surface area contributed by atoms with Gasteiger partial charge < -0.3 is 14.7 Å². The van der Waals surface area contributed by atoms with Crippen molar-refractivity contribution in [2.75, 3.05) is 51.2 Å². The number of fused-ring (bicyclic) bond motifs is 1. The molecule has 3 aliphatic heterocycles. The molecule has 3 aliphatic rings. The molecule has 0 N–H and O–H groups in total. The fourth-order valence-corrected chi connectivity index (χ4v) is 5.59. The summed E-state index contributed by atoms with van der Waals surface area (Å²) in [7, 11) is 2.17. The van der Waals surface area contributed by atoms with Gasteiger partial charge in [-0.15, -0.1) is 0 Å².